The first-order chi connectivity index (χ1) is 9.62. The van der Waals surface area contributed by atoms with Gasteiger partial charge in [-0.05, 0) is 36.5 Å². The van der Waals surface area contributed by atoms with Crippen LogP contribution in [0.2, 0.25) is 5.02 Å². The van der Waals surface area contributed by atoms with Gasteiger partial charge in [0.2, 0.25) is 0 Å². The molecule has 6 heteroatoms. The number of para-hydroxylation sites is 1. The zero-order valence-electron chi connectivity index (χ0n) is 11.0. The second kappa shape index (κ2) is 7.20. The van der Waals surface area contributed by atoms with E-state index in [-0.39, 0.29) is 13.2 Å². The van der Waals surface area contributed by atoms with E-state index in [2.05, 4.69) is 0 Å². The molecule has 1 aromatic carbocycles. The third-order valence-electron chi connectivity index (χ3n) is 3.11. The van der Waals surface area contributed by atoms with Crippen LogP contribution in [-0.2, 0) is 9.53 Å². The van der Waals surface area contributed by atoms with Crippen LogP contribution in [0.5, 0.6) is 5.75 Å². The Kier molecular flexibility index (Phi) is 5.57. The minimum atomic E-state index is -1.32. The molecule has 2 rings (SSSR count). The van der Waals surface area contributed by atoms with Crippen LogP contribution in [0.3, 0.4) is 0 Å². The largest absolute Gasteiger partial charge is 0.488 e. The van der Waals surface area contributed by atoms with Gasteiger partial charge in [0.25, 0.3) is 0 Å². The first-order valence-electron chi connectivity index (χ1n) is 6.46. The monoisotopic (exact) mass is 316 g/mol. The topological polar surface area (TPSA) is 55.8 Å². The summed E-state index contributed by atoms with van der Waals surface area (Å²) in [5.74, 6) is 1.56. The fourth-order valence-corrected chi connectivity index (χ4v) is 3.25. The molecule has 1 aromatic rings. The number of hydrogen-bond donors (Lipinski definition) is 1. The molecule has 1 saturated heterocycles. The first kappa shape index (κ1) is 15.5. The van der Waals surface area contributed by atoms with Crippen LogP contribution in [-0.4, -0.2) is 41.4 Å². The van der Waals surface area contributed by atoms with Gasteiger partial charge >= 0.3 is 5.97 Å². The fourth-order valence-electron chi connectivity index (χ4n) is 1.90. The molecule has 0 radical (unpaired) electrons. The van der Waals surface area contributed by atoms with Gasteiger partial charge in [0.1, 0.15) is 19.0 Å². The summed E-state index contributed by atoms with van der Waals surface area (Å²) in [7, 11) is 0. The van der Waals surface area contributed by atoms with Crippen LogP contribution in [0.4, 0.5) is 0 Å². The van der Waals surface area contributed by atoms with Gasteiger partial charge < -0.3 is 14.6 Å². The van der Waals surface area contributed by atoms with Crippen LogP contribution in [0.1, 0.15) is 12.8 Å². The maximum atomic E-state index is 11.8. The molecule has 1 fully saturated rings. The Morgan fingerprint density at radius 1 is 1.30 bits per heavy atom. The van der Waals surface area contributed by atoms with E-state index in [4.69, 9.17) is 21.1 Å². The van der Waals surface area contributed by atoms with Gasteiger partial charge in [-0.15, -0.1) is 0 Å². The molecule has 0 bridgehead atoms. The molecule has 1 N–H and O–H groups in total. The number of esters is 1. The highest BCUT2D eigenvalue weighted by molar-refractivity contribution is 7.99. The molecule has 4 nitrogen and oxygen atoms in total. The molecule has 0 atom stereocenters. The highest BCUT2D eigenvalue weighted by Gasteiger charge is 2.38. The summed E-state index contributed by atoms with van der Waals surface area (Å²) in [4.78, 5) is 11.8. The molecule has 1 heterocycles. The van der Waals surface area contributed by atoms with E-state index in [1.54, 1.807) is 23.9 Å². The number of thioether (sulfide) groups is 1. The summed E-state index contributed by atoms with van der Waals surface area (Å²) in [6.45, 7) is 0.305. The molecule has 0 saturated carbocycles. The van der Waals surface area contributed by atoms with Crippen LogP contribution in [0.15, 0.2) is 24.3 Å². The molecule has 1 aliphatic heterocycles. The Bertz CT molecular complexity index is 460. The number of benzene rings is 1. The van der Waals surface area contributed by atoms with Crippen LogP contribution >= 0.6 is 23.4 Å². The van der Waals surface area contributed by atoms with Crippen LogP contribution < -0.4 is 4.74 Å². The van der Waals surface area contributed by atoms with Crippen molar-refractivity contribution < 1.29 is 19.4 Å². The Morgan fingerprint density at radius 3 is 2.70 bits per heavy atom. The smallest absolute Gasteiger partial charge is 0.338 e. The van der Waals surface area contributed by atoms with E-state index in [9.17, 15) is 9.90 Å². The molecule has 0 aromatic heterocycles. The second-order valence-corrected chi connectivity index (χ2v) is 6.19. The average Bonchev–Trinajstić information content (AvgIpc) is 2.46. The maximum absolute atomic E-state index is 11.8. The molecule has 0 spiro atoms. The van der Waals surface area contributed by atoms with E-state index in [1.165, 1.54) is 0 Å². The lowest BCUT2D eigenvalue weighted by Gasteiger charge is -2.29. The van der Waals surface area contributed by atoms with Crippen molar-refractivity contribution in [2.75, 3.05) is 24.7 Å². The Hall–Kier alpha value is -0.910. The average molecular weight is 317 g/mol. The predicted molar refractivity (Wildman–Crippen MR) is 79.4 cm³/mol. The molecule has 20 heavy (non-hydrogen) atoms. The van der Waals surface area contributed by atoms with E-state index in [1.807, 2.05) is 12.1 Å². The van der Waals surface area contributed by atoms with Gasteiger partial charge in [0.05, 0.1) is 5.02 Å². The zero-order chi connectivity index (χ0) is 14.4. The quantitative estimate of drug-likeness (QED) is 0.668. The third kappa shape index (κ3) is 4.04. The highest BCUT2D eigenvalue weighted by Crippen LogP contribution is 2.28. The van der Waals surface area contributed by atoms with Gasteiger partial charge in [0, 0.05) is 0 Å². The van der Waals surface area contributed by atoms with Crippen LogP contribution in [0.25, 0.3) is 0 Å². The molecular formula is C14H17ClO4S. The lowest BCUT2D eigenvalue weighted by Crippen LogP contribution is -2.43. The fraction of sp³-hybridized carbons (Fsp3) is 0.500. The van der Waals surface area contributed by atoms with Crippen molar-refractivity contribution in [2.24, 2.45) is 0 Å². The van der Waals surface area contributed by atoms with E-state index < -0.39 is 11.6 Å². The van der Waals surface area contributed by atoms with Gasteiger partial charge in [-0.3, -0.25) is 0 Å². The van der Waals surface area contributed by atoms with Crippen LogP contribution in [0, 0.1) is 0 Å². The molecule has 0 aliphatic carbocycles. The normalized spacial score (nSPS) is 17.5. The first-order valence-corrected chi connectivity index (χ1v) is 8.00. The minimum absolute atomic E-state index is 0.0967. The number of halogens is 1. The maximum Gasteiger partial charge on any atom is 0.338 e. The van der Waals surface area contributed by atoms with Crippen molar-refractivity contribution in [2.45, 2.75) is 18.4 Å². The third-order valence-corrected chi connectivity index (χ3v) is 4.41. The number of carbonyl (C=O) groups excluding carboxylic acids is 1. The highest BCUT2D eigenvalue weighted by atomic mass is 35.5. The Balaban J connectivity index is 1.73. The van der Waals surface area contributed by atoms with E-state index in [0.29, 0.717) is 23.6 Å². The van der Waals surface area contributed by atoms with E-state index >= 15 is 0 Å². The molecule has 0 unspecified atom stereocenters. The standard InChI is InChI=1S/C14H17ClO4S/c15-11-3-1-2-4-12(11)18-7-8-19-13(16)14(17)5-9-20-10-6-14/h1-4,17H,5-10H2. The summed E-state index contributed by atoms with van der Waals surface area (Å²) >= 11 is 7.67. The molecule has 0 amide bonds. The Labute approximate surface area is 127 Å². The van der Waals surface area contributed by atoms with E-state index in [0.717, 1.165) is 11.5 Å². The molecule has 110 valence electrons. The number of aliphatic hydroxyl groups is 1. The lowest BCUT2D eigenvalue weighted by molar-refractivity contribution is -0.167. The number of ether oxygens (including phenoxy) is 2. The summed E-state index contributed by atoms with van der Waals surface area (Å²) < 4.78 is 10.5. The van der Waals surface area contributed by atoms with Crippen molar-refractivity contribution in [3.63, 3.8) is 0 Å². The van der Waals surface area contributed by atoms with Gasteiger partial charge in [-0.1, -0.05) is 23.7 Å². The summed E-state index contributed by atoms with van der Waals surface area (Å²) in [5.41, 5.74) is -1.32. The van der Waals surface area contributed by atoms with Gasteiger partial charge in [0.15, 0.2) is 5.60 Å². The van der Waals surface area contributed by atoms with Crippen molar-refractivity contribution >= 4 is 29.3 Å². The summed E-state index contributed by atoms with van der Waals surface area (Å²) in [5, 5.41) is 10.7. The minimum Gasteiger partial charge on any atom is -0.488 e. The molecular weight excluding hydrogens is 300 g/mol. The summed E-state index contributed by atoms with van der Waals surface area (Å²) in [6.07, 6.45) is 0.893. The van der Waals surface area contributed by atoms with Gasteiger partial charge in [-0.25, -0.2) is 4.79 Å². The van der Waals surface area contributed by atoms with Crippen molar-refractivity contribution in [3.05, 3.63) is 29.3 Å². The van der Waals surface area contributed by atoms with Crippen molar-refractivity contribution in [3.8, 4) is 5.75 Å². The zero-order valence-corrected chi connectivity index (χ0v) is 12.6. The van der Waals surface area contributed by atoms with Crippen molar-refractivity contribution in [1.82, 2.24) is 0 Å². The number of carbonyl (C=O) groups is 1. The lowest BCUT2D eigenvalue weighted by atomic mass is 9.97. The predicted octanol–water partition coefficient (Wildman–Crippen LogP) is 2.52. The Morgan fingerprint density at radius 2 is 2.00 bits per heavy atom. The summed E-state index contributed by atoms with van der Waals surface area (Å²) in [6, 6.07) is 7.10. The van der Waals surface area contributed by atoms with Gasteiger partial charge in [-0.2, -0.15) is 11.8 Å². The second-order valence-electron chi connectivity index (χ2n) is 4.56. The number of rotatable bonds is 5. The number of hydrogen-bond acceptors (Lipinski definition) is 5. The van der Waals surface area contributed by atoms with Crippen molar-refractivity contribution in [1.29, 1.82) is 0 Å². The molecule has 1 aliphatic rings. The SMILES string of the molecule is O=C(OCCOc1ccccc1Cl)C1(O)CCSCC1.